The smallest absolute Gasteiger partial charge is 0.0548 e. The number of thiophene rings is 1. The number of nitrogens with zero attached hydrogens (tertiary/aromatic N) is 1. The topological polar surface area (TPSA) is 4.93 Å². The van der Waals surface area contributed by atoms with Crippen LogP contribution < -0.4 is 0 Å². The molecule has 34 heavy (non-hydrogen) atoms. The first kappa shape index (κ1) is 18.3. The van der Waals surface area contributed by atoms with Gasteiger partial charge in [0.05, 0.1) is 11.0 Å². The van der Waals surface area contributed by atoms with E-state index in [-0.39, 0.29) is 0 Å². The number of hydrogen-bond acceptors (Lipinski definition) is 1. The molecule has 2 aromatic heterocycles. The van der Waals surface area contributed by atoms with Crippen molar-refractivity contribution < 1.29 is 0 Å². The summed E-state index contributed by atoms with van der Waals surface area (Å²) in [4.78, 5) is 0. The Hall–Kier alpha value is -4.14. The quantitative estimate of drug-likeness (QED) is 0.235. The molecule has 0 aliphatic rings. The first-order valence-corrected chi connectivity index (χ1v) is 12.4. The highest BCUT2D eigenvalue weighted by Crippen LogP contribution is 2.45. The van der Waals surface area contributed by atoms with Gasteiger partial charge >= 0.3 is 0 Å². The van der Waals surface area contributed by atoms with Crippen LogP contribution in [-0.4, -0.2) is 4.57 Å². The van der Waals surface area contributed by atoms with Crippen molar-refractivity contribution in [1.29, 1.82) is 0 Å². The van der Waals surface area contributed by atoms with Gasteiger partial charge in [0.2, 0.25) is 0 Å². The third kappa shape index (κ3) is 2.38. The Labute approximate surface area is 200 Å². The molecule has 8 rings (SSSR count). The Morgan fingerprint density at radius 1 is 0.441 bits per heavy atom. The molecule has 0 atom stereocenters. The van der Waals surface area contributed by atoms with Crippen molar-refractivity contribution in [3.05, 3.63) is 115 Å². The first-order valence-electron chi connectivity index (χ1n) is 11.6. The fourth-order valence-corrected chi connectivity index (χ4v) is 6.79. The number of rotatable bonds is 1. The van der Waals surface area contributed by atoms with Gasteiger partial charge < -0.3 is 4.57 Å². The van der Waals surface area contributed by atoms with Gasteiger partial charge in [-0.2, -0.15) is 0 Å². The molecule has 0 aliphatic carbocycles. The zero-order valence-corrected chi connectivity index (χ0v) is 19.1. The normalized spacial score (nSPS) is 12.1. The van der Waals surface area contributed by atoms with Crippen LogP contribution in [0.2, 0.25) is 0 Å². The van der Waals surface area contributed by atoms with Crippen LogP contribution >= 0.6 is 11.3 Å². The van der Waals surface area contributed by atoms with Crippen LogP contribution in [0.3, 0.4) is 0 Å². The molecule has 2 heterocycles. The minimum Gasteiger partial charge on any atom is -0.309 e. The van der Waals surface area contributed by atoms with E-state index in [9.17, 15) is 0 Å². The average molecular weight is 450 g/mol. The molecule has 0 unspecified atom stereocenters. The summed E-state index contributed by atoms with van der Waals surface area (Å²) in [6.07, 6.45) is 0. The summed E-state index contributed by atoms with van der Waals surface area (Å²) in [5.41, 5.74) is 3.72. The maximum Gasteiger partial charge on any atom is 0.0548 e. The van der Waals surface area contributed by atoms with E-state index >= 15 is 0 Å². The molecule has 0 fully saturated rings. The van der Waals surface area contributed by atoms with Gasteiger partial charge in [0, 0.05) is 36.6 Å². The van der Waals surface area contributed by atoms with Gasteiger partial charge in [-0.25, -0.2) is 0 Å². The van der Waals surface area contributed by atoms with Gasteiger partial charge in [-0.05, 0) is 57.9 Å². The van der Waals surface area contributed by atoms with Gasteiger partial charge in [-0.15, -0.1) is 11.3 Å². The third-order valence-electron chi connectivity index (χ3n) is 7.15. The van der Waals surface area contributed by atoms with Crippen molar-refractivity contribution in [3.63, 3.8) is 0 Å². The van der Waals surface area contributed by atoms with Crippen LogP contribution in [-0.2, 0) is 0 Å². The van der Waals surface area contributed by atoms with Crippen molar-refractivity contribution in [1.82, 2.24) is 4.57 Å². The molecular weight excluding hydrogens is 430 g/mol. The lowest BCUT2D eigenvalue weighted by molar-refractivity contribution is 1.19. The molecule has 0 saturated heterocycles. The predicted octanol–water partition coefficient (Wildman–Crippen LogP) is 9.46. The molecule has 0 N–H and O–H groups in total. The lowest BCUT2D eigenvalue weighted by Crippen LogP contribution is -1.93. The molecule has 158 valence electrons. The van der Waals surface area contributed by atoms with Crippen LogP contribution in [0, 0.1) is 0 Å². The molecule has 2 heteroatoms. The summed E-state index contributed by atoms with van der Waals surface area (Å²) < 4.78 is 5.14. The van der Waals surface area contributed by atoms with E-state index in [1.54, 1.807) is 0 Å². The summed E-state index contributed by atoms with van der Waals surface area (Å²) in [7, 11) is 0. The van der Waals surface area contributed by atoms with E-state index in [0.29, 0.717) is 0 Å². The van der Waals surface area contributed by atoms with Crippen molar-refractivity contribution in [2.45, 2.75) is 0 Å². The minimum atomic E-state index is 1.20. The zero-order chi connectivity index (χ0) is 22.2. The second kappa shape index (κ2) is 6.69. The Bertz CT molecular complexity index is 2070. The van der Waals surface area contributed by atoms with E-state index < -0.39 is 0 Å². The lowest BCUT2D eigenvalue weighted by Gasteiger charge is -2.10. The molecule has 1 nitrogen and oxygen atoms in total. The van der Waals surface area contributed by atoms with Gasteiger partial charge in [0.1, 0.15) is 0 Å². The fourth-order valence-electron chi connectivity index (χ4n) is 5.68. The number of aromatic nitrogens is 1. The standard InChI is InChI=1S/C32H19NS/c1-2-9-22-19-23(15-13-20(22)7-1)33-26-16-14-21-8-3-4-10-24(21)30(26)32-27(33)17-18-29-31(32)25-11-5-6-12-28(25)34-29/h1-19H. The molecule has 0 radical (unpaired) electrons. The Kier molecular flexibility index (Phi) is 3.60. The van der Waals surface area contributed by atoms with E-state index in [0.717, 1.165) is 0 Å². The summed E-state index contributed by atoms with van der Waals surface area (Å²) >= 11 is 1.89. The number of hydrogen-bond donors (Lipinski definition) is 0. The summed E-state index contributed by atoms with van der Waals surface area (Å²) in [6.45, 7) is 0. The molecule has 0 bridgehead atoms. The molecule has 0 aliphatic heterocycles. The van der Waals surface area contributed by atoms with Gasteiger partial charge in [-0.1, -0.05) is 78.9 Å². The average Bonchev–Trinajstić information content (AvgIpc) is 3.44. The fraction of sp³-hybridized carbons (Fsp3) is 0. The van der Waals surface area contributed by atoms with Gasteiger partial charge in [0.15, 0.2) is 0 Å². The van der Waals surface area contributed by atoms with Gasteiger partial charge in [0.25, 0.3) is 0 Å². The lowest BCUT2D eigenvalue weighted by atomic mass is 10.0. The molecule has 0 spiro atoms. The van der Waals surface area contributed by atoms with E-state index in [2.05, 4.69) is 120 Å². The predicted molar refractivity (Wildman–Crippen MR) is 149 cm³/mol. The van der Waals surface area contributed by atoms with Crippen LogP contribution in [0.5, 0.6) is 0 Å². The number of fused-ring (bicyclic) bond motifs is 10. The second-order valence-corrected chi connectivity index (χ2v) is 10.1. The van der Waals surface area contributed by atoms with Crippen LogP contribution in [0.1, 0.15) is 0 Å². The maximum atomic E-state index is 2.45. The highest BCUT2D eigenvalue weighted by molar-refractivity contribution is 7.26. The Balaban J connectivity index is 1.65. The minimum absolute atomic E-state index is 1.20. The Morgan fingerprint density at radius 3 is 2.03 bits per heavy atom. The van der Waals surface area contributed by atoms with E-state index in [1.165, 1.54) is 69.2 Å². The van der Waals surface area contributed by atoms with Crippen LogP contribution in [0.25, 0.3) is 69.2 Å². The highest BCUT2D eigenvalue weighted by Gasteiger charge is 2.19. The van der Waals surface area contributed by atoms with Gasteiger partial charge in [-0.3, -0.25) is 0 Å². The molecule has 6 aromatic carbocycles. The van der Waals surface area contributed by atoms with Crippen LogP contribution in [0.15, 0.2) is 115 Å². The maximum absolute atomic E-state index is 2.45. The molecule has 8 aromatic rings. The summed E-state index contributed by atoms with van der Waals surface area (Å²) in [5, 5.41) is 10.5. The van der Waals surface area contributed by atoms with Crippen molar-refractivity contribution >= 4 is 74.9 Å². The molecular formula is C32H19NS. The highest BCUT2D eigenvalue weighted by atomic mass is 32.1. The first-order chi connectivity index (χ1) is 16.9. The molecule has 0 amide bonds. The SMILES string of the molecule is c1ccc2cc(-n3c4ccc5ccccc5c4c4c5c(ccc43)sc3ccccc35)ccc2c1. The van der Waals surface area contributed by atoms with Crippen molar-refractivity contribution in [2.24, 2.45) is 0 Å². The largest absolute Gasteiger partial charge is 0.309 e. The Morgan fingerprint density at radius 2 is 1.12 bits per heavy atom. The zero-order valence-electron chi connectivity index (χ0n) is 18.3. The van der Waals surface area contributed by atoms with Crippen molar-refractivity contribution in [2.75, 3.05) is 0 Å². The van der Waals surface area contributed by atoms with E-state index in [1.807, 2.05) is 11.3 Å². The third-order valence-corrected chi connectivity index (χ3v) is 8.29. The van der Waals surface area contributed by atoms with E-state index in [4.69, 9.17) is 0 Å². The molecule has 0 saturated carbocycles. The number of benzene rings is 6. The van der Waals surface area contributed by atoms with Crippen LogP contribution in [0.4, 0.5) is 0 Å². The van der Waals surface area contributed by atoms with Crippen molar-refractivity contribution in [3.8, 4) is 5.69 Å². The monoisotopic (exact) mass is 449 g/mol. The second-order valence-electron chi connectivity index (χ2n) is 8.98. The summed E-state index contributed by atoms with van der Waals surface area (Å²) in [5.74, 6) is 0. The summed E-state index contributed by atoms with van der Waals surface area (Å²) in [6, 6.07) is 42.2.